The van der Waals surface area contributed by atoms with Crippen LogP contribution in [0, 0.1) is 0 Å². The summed E-state index contributed by atoms with van der Waals surface area (Å²) in [7, 11) is 0. The zero-order chi connectivity index (χ0) is 15.5. The van der Waals surface area contributed by atoms with E-state index in [9.17, 15) is 4.79 Å². The van der Waals surface area contributed by atoms with Crippen LogP contribution in [0.4, 0.5) is 5.69 Å². The number of aromatic nitrogens is 1. The van der Waals surface area contributed by atoms with Crippen LogP contribution in [0.15, 0.2) is 48.0 Å². The minimum atomic E-state index is 0.00108. The normalized spacial score (nSPS) is 11.0. The molecule has 3 aromatic rings. The number of nitrogens with zero attached hydrogens (tertiary/aromatic N) is 1. The van der Waals surface area contributed by atoms with E-state index in [0.29, 0.717) is 12.3 Å². The summed E-state index contributed by atoms with van der Waals surface area (Å²) in [5.41, 5.74) is 5.92. The molecule has 0 aliphatic heterocycles. The lowest BCUT2D eigenvalue weighted by Gasteiger charge is -2.08. The van der Waals surface area contributed by atoms with Gasteiger partial charge in [0.05, 0.1) is 22.1 Å². The van der Waals surface area contributed by atoms with Crippen LogP contribution in [0.5, 0.6) is 0 Å². The van der Waals surface area contributed by atoms with Crippen molar-refractivity contribution in [2.75, 3.05) is 5.32 Å². The highest BCUT2D eigenvalue weighted by atomic mass is 32.1. The number of anilines is 1. The smallest absolute Gasteiger partial charge is 0.228 e. The molecule has 0 aliphatic rings. The van der Waals surface area contributed by atoms with Crippen LogP contribution >= 0.6 is 11.3 Å². The fourth-order valence-corrected chi connectivity index (χ4v) is 3.06. The summed E-state index contributed by atoms with van der Waals surface area (Å²) < 4.78 is 1.08. The molecule has 2 aromatic carbocycles. The van der Waals surface area contributed by atoms with Gasteiger partial charge >= 0.3 is 0 Å². The maximum atomic E-state index is 12.2. The topological polar surface area (TPSA) is 42.0 Å². The van der Waals surface area contributed by atoms with Gasteiger partial charge in [-0.15, -0.1) is 11.3 Å². The molecule has 0 aliphatic carbocycles. The number of carbonyl (C=O) groups excluding carboxylic acids is 1. The van der Waals surface area contributed by atoms with E-state index in [2.05, 4.69) is 36.3 Å². The molecule has 0 unspecified atom stereocenters. The zero-order valence-corrected chi connectivity index (χ0v) is 13.5. The van der Waals surface area contributed by atoms with Gasteiger partial charge in [-0.1, -0.05) is 38.1 Å². The summed E-state index contributed by atoms with van der Waals surface area (Å²) in [6.45, 7) is 4.33. The molecule has 3 nitrogen and oxygen atoms in total. The van der Waals surface area contributed by atoms with Crippen molar-refractivity contribution in [1.82, 2.24) is 4.98 Å². The Hall–Kier alpha value is -2.20. The van der Waals surface area contributed by atoms with Gasteiger partial charge in [0.25, 0.3) is 0 Å². The molecule has 4 heteroatoms. The number of rotatable bonds is 4. The Morgan fingerprint density at radius 3 is 2.68 bits per heavy atom. The van der Waals surface area contributed by atoms with E-state index in [0.717, 1.165) is 21.5 Å². The molecule has 0 bridgehead atoms. The third-order valence-electron chi connectivity index (χ3n) is 3.63. The van der Waals surface area contributed by atoms with Crippen LogP contribution < -0.4 is 5.32 Å². The van der Waals surface area contributed by atoms with Crippen LogP contribution in [-0.2, 0) is 11.2 Å². The lowest BCUT2D eigenvalue weighted by atomic mass is 10.0. The lowest BCUT2D eigenvalue weighted by Crippen LogP contribution is -2.14. The molecule has 0 radical (unpaired) electrons. The largest absolute Gasteiger partial charge is 0.326 e. The average Bonchev–Trinajstić information content (AvgIpc) is 2.95. The minimum absolute atomic E-state index is 0.00108. The molecule has 1 heterocycles. The Bertz CT molecular complexity index is 790. The molecule has 0 saturated heterocycles. The highest BCUT2D eigenvalue weighted by Gasteiger charge is 2.06. The molecule has 0 saturated carbocycles. The molecule has 0 fully saturated rings. The first-order chi connectivity index (χ1) is 10.6. The number of carbonyl (C=O) groups is 1. The summed E-state index contributed by atoms with van der Waals surface area (Å²) >= 11 is 1.57. The summed E-state index contributed by atoms with van der Waals surface area (Å²) in [5.74, 6) is 0.509. The summed E-state index contributed by atoms with van der Waals surface area (Å²) in [5, 5.41) is 2.95. The van der Waals surface area contributed by atoms with Crippen molar-refractivity contribution in [1.29, 1.82) is 0 Å². The van der Waals surface area contributed by atoms with E-state index in [4.69, 9.17) is 0 Å². The molecule has 0 spiro atoms. The summed E-state index contributed by atoms with van der Waals surface area (Å²) in [6, 6.07) is 14.0. The summed E-state index contributed by atoms with van der Waals surface area (Å²) in [6.07, 6.45) is 0.388. The van der Waals surface area contributed by atoms with Crippen LogP contribution in [-0.4, -0.2) is 10.9 Å². The van der Waals surface area contributed by atoms with E-state index < -0.39 is 0 Å². The van der Waals surface area contributed by atoms with Crippen LogP contribution in [0.3, 0.4) is 0 Å². The molecule has 112 valence electrons. The first kappa shape index (κ1) is 14.7. The fourth-order valence-electron chi connectivity index (χ4n) is 2.34. The molecule has 1 amide bonds. The Labute approximate surface area is 134 Å². The summed E-state index contributed by atoms with van der Waals surface area (Å²) in [4.78, 5) is 16.4. The molecule has 0 atom stereocenters. The van der Waals surface area contributed by atoms with Crippen molar-refractivity contribution in [2.45, 2.75) is 26.2 Å². The van der Waals surface area contributed by atoms with Crippen molar-refractivity contribution in [2.24, 2.45) is 0 Å². The van der Waals surface area contributed by atoms with Gasteiger partial charge in [0, 0.05) is 5.69 Å². The van der Waals surface area contributed by atoms with Gasteiger partial charge in [0.15, 0.2) is 0 Å². The molecule has 1 aromatic heterocycles. The van der Waals surface area contributed by atoms with Crippen molar-refractivity contribution in [3.63, 3.8) is 0 Å². The number of benzene rings is 2. The third kappa shape index (κ3) is 3.34. The van der Waals surface area contributed by atoms with Crippen LogP contribution in [0.25, 0.3) is 10.2 Å². The number of hydrogen-bond acceptors (Lipinski definition) is 3. The molecule has 1 N–H and O–H groups in total. The second-order valence-electron chi connectivity index (χ2n) is 5.66. The maximum Gasteiger partial charge on any atom is 0.228 e. The van der Waals surface area contributed by atoms with Gasteiger partial charge < -0.3 is 5.32 Å². The standard InChI is InChI=1S/C18H18N2OS/c1-12(2)14-5-3-13(4-6-14)9-18(21)20-15-7-8-16-17(10-15)22-11-19-16/h3-8,10-12H,9H2,1-2H3,(H,20,21). The van der Waals surface area contributed by atoms with Gasteiger partial charge in [-0.25, -0.2) is 4.98 Å². The third-order valence-corrected chi connectivity index (χ3v) is 4.42. The maximum absolute atomic E-state index is 12.2. The molecule has 3 rings (SSSR count). The monoisotopic (exact) mass is 310 g/mol. The van der Waals surface area contributed by atoms with E-state index in [1.165, 1.54) is 5.56 Å². The number of amides is 1. The Morgan fingerprint density at radius 2 is 1.95 bits per heavy atom. The van der Waals surface area contributed by atoms with Crippen molar-refractivity contribution in [3.8, 4) is 0 Å². The van der Waals surface area contributed by atoms with Gasteiger partial charge in [-0.3, -0.25) is 4.79 Å². The van der Waals surface area contributed by atoms with Gasteiger partial charge in [-0.2, -0.15) is 0 Å². The first-order valence-corrected chi connectivity index (χ1v) is 8.22. The molecular formula is C18H18N2OS. The predicted molar refractivity (Wildman–Crippen MR) is 92.5 cm³/mol. The van der Waals surface area contributed by atoms with Crippen LogP contribution in [0.1, 0.15) is 30.9 Å². The minimum Gasteiger partial charge on any atom is -0.326 e. The SMILES string of the molecule is CC(C)c1ccc(CC(=O)Nc2ccc3ncsc3c2)cc1. The van der Waals surface area contributed by atoms with Crippen molar-refractivity contribution >= 4 is 33.1 Å². The second-order valence-corrected chi connectivity index (χ2v) is 6.54. The quantitative estimate of drug-likeness (QED) is 0.765. The van der Waals surface area contributed by atoms with E-state index >= 15 is 0 Å². The van der Waals surface area contributed by atoms with E-state index in [1.807, 2.05) is 35.8 Å². The van der Waals surface area contributed by atoms with Crippen molar-refractivity contribution in [3.05, 3.63) is 59.1 Å². The Morgan fingerprint density at radius 1 is 1.18 bits per heavy atom. The van der Waals surface area contributed by atoms with Gasteiger partial charge in [0.2, 0.25) is 5.91 Å². The van der Waals surface area contributed by atoms with Gasteiger partial charge in [0.1, 0.15) is 0 Å². The lowest BCUT2D eigenvalue weighted by molar-refractivity contribution is -0.115. The number of thiazole rings is 1. The second kappa shape index (κ2) is 6.28. The number of fused-ring (bicyclic) bond motifs is 1. The van der Waals surface area contributed by atoms with Crippen molar-refractivity contribution < 1.29 is 4.79 Å². The first-order valence-electron chi connectivity index (χ1n) is 7.34. The van der Waals surface area contributed by atoms with Crippen LogP contribution in [0.2, 0.25) is 0 Å². The molecular weight excluding hydrogens is 292 g/mol. The van der Waals surface area contributed by atoms with Gasteiger partial charge in [-0.05, 0) is 35.2 Å². The molecule has 22 heavy (non-hydrogen) atoms. The predicted octanol–water partition coefficient (Wildman–Crippen LogP) is 4.60. The Balaban J connectivity index is 1.66. The Kier molecular flexibility index (Phi) is 4.20. The average molecular weight is 310 g/mol. The number of hydrogen-bond donors (Lipinski definition) is 1. The van der Waals surface area contributed by atoms with E-state index in [1.54, 1.807) is 11.3 Å². The van der Waals surface area contributed by atoms with E-state index in [-0.39, 0.29) is 5.91 Å². The number of nitrogens with one attached hydrogen (secondary N) is 1. The zero-order valence-electron chi connectivity index (χ0n) is 12.7. The highest BCUT2D eigenvalue weighted by molar-refractivity contribution is 7.16. The fraction of sp³-hybridized carbons (Fsp3) is 0.222. The highest BCUT2D eigenvalue weighted by Crippen LogP contribution is 2.22.